The molecule has 158 valence electrons. The molecule has 2 aromatic rings. The fraction of sp³-hybridized carbons (Fsp3) is 0.333. The Bertz CT molecular complexity index is 854. The summed E-state index contributed by atoms with van der Waals surface area (Å²) in [6, 6.07) is 11.2. The molecule has 2 aliphatic rings. The summed E-state index contributed by atoms with van der Waals surface area (Å²) in [7, 11) is 0. The molecule has 0 aliphatic carbocycles. The van der Waals surface area contributed by atoms with Crippen molar-refractivity contribution in [2.24, 2.45) is 0 Å². The minimum atomic E-state index is -1.04. The maximum absolute atomic E-state index is 10.9. The first-order valence-corrected chi connectivity index (χ1v) is 10.1. The second-order valence-corrected chi connectivity index (χ2v) is 7.77. The van der Waals surface area contributed by atoms with E-state index in [0.717, 1.165) is 35.7 Å². The fourth-order valence-corrected chi connectivity index (χ4v) is 3.95. The van der Waals surface area contributed by atoms with Gasteiger partial charge in [-0.25, -0.2) is 0 Å². The van der Waals surface area contributed by atoms with E-state index >= 15 is 0 Å². The molecule has 2 heterocycles. The van der Waals surface area contributed by atoms with Crippen molar-refractivity contribution in [2.75, 3.05) is 26.6 Å². The lowest BCUT2D eigenvalue weighted by atomic mass is 9.95. The van der Waals surface area contributed by atoms with Crippen molar-refractivity contribution < 1.29 is 19.7 Å². The van der Waals surface area contributed by atoms with Crippen molar-refractivity contribution in [1.29, 1.82) is 0 Å². The van der Waals surface area contributed by atoms with Crippen LogP contribution in [0.3, 0.4) is 0 Å². The summed E-state index contributed by atoms with van der Waals surface area (Å²) >= 11 is 0. The average Bonchev–Trinajstić information content (AvgIpc) is 2.77. The molecule has 0 saturated heterocycles. The number of aliphatic hydroxyl groups is 2. The molecular weight excluding hydrogens is 380 g/mol. The highest BCUT2D eigenvalue weighted by Gasteiger charge is 2.25. The predicted octanol–water partition coefficient (Wildman–Crippen LogP) is 3.13. The van der Waals surface area contributed by atoms with E-state index in [1.165, 1.54) is 0 Å². The highest BCUT2D eigenvalue weighted by Crippen LogP contribution is 2.35. The zero-order valence-electron chi connectivity index (χ0n) is 17.0. The average molecular weight is 408 g/mol. The monoisotopic (exact) mass is 408 g/mol. The summed E-state index contributed by atoms with van der Waals surface area (Å²) in [6.45, 7) is 11.5. The number of hydrogen-bond donors (Lipinski definition) is 2. The van der Waals surface area contributed by atoms with Gasteiger partial charge in [-0.05, 0) is 35.4 Å². The Morgan fingerprint density at radius 2 is 1.23 bits per heavy atom. The molecule has 0 saturated carbocycles. The van der Waals surface area contributed by atoms with Crippen LogP contribution in [0.4, 0.5) is 0 Å². The fourth-order valence-electron chi connectivity index (χ4n) is 3.95. The summed E-state index contributed by atoms with van der Waals surface area (Å²) in [5.74, 6) is 1.63. The van der Waals surface area contributed by atoms with Gasteiger partial charge in [-0.3, -0.25) is 9.80 Å². The molecule has 6 heteroatoms. The van der Waals surface area contributed by atoms with Crippen LogP contribution >= 0.6 is 0 Å². The number of ether oxygens (including phenoxy) is 2. The zero-order chi connectivity index (χ0) is 21.1. The molecule has 2 atom stereocenters. The van der Waals surface area contributed by atoms with Gasteiger partial charge in [0.25, 0.3) is 0 Å². The number of aliphatic hydroxyl groups excluding tert-OH is 2. The Hall–Kier alpha value is -2.64. The maximum atomic E-state index is 10.9. The maximum Gasteiger partial charge on any atom is 0.142 e. The number of fused-ring (bicyclic) bond motifs is 2. The van der Waals surface area contributed by atoms with Crippen molar-refractivity contribution in [3.05, 3.63) is 84.0 Å². The minimum Gasteiger partial charge on any atom is -0.478 e. The molecule has 0 aromatic heterocycles. The first-order valence-electron chi connectivity index (χ1n) is 10.1. The first kappa shape index (κ1) is 20.6. The Balaban J connectivity index is 1.52. The summed E-state index contributed by atoms with van der Waals surface area (Å²) in [5.41, 5.74) is 3.30. The number of hydrogen-bond acceptors (Lipinski definition) is 6. The van der Waals surface area contributed by atoms with Crippen LogP contribution in [0.1, 0.15) is 34.5 Å². The number of nitrogens with zero attached hydrogens (tertiary/aromatic N) is 2. The lowest BCUT2D eigenvalue weighted by Crippen LogP contribution is -2.32. The van der Waals surface area contributed by atoms with Gasteiger partial charge in [-0.2, -0.15) is 0 Å². The standard InChI is InChI=1S/C24H28N2O4/c1-3-9-25-13-19-11-17(5-7-21(19)29-15-25)23(27)24(28)18-6-8-22-20(12-18)14-26(10-4-2)16-30-22/h3-8,11-12,23-24,27-28H,1-2,9-10,13-16H2. The van der Waals surface area contributed by atoms with Crippen LogP contribution in [0, 0.1) is 0 Å². The zero-order valence-corrected chi connectivity index (χ0v) is 17.0. The van der Waals surface area contributed by atoms with Crippen molar-refractivity contribution >= 4 is 0 Å². The topological polar surface area (TPSA) is 65.4 Å². The van der Waals surface area contributed by atoms with E-state index in [0.29, 0.717) is 37.7 Å². The SMILES string of the molecule is C=CCN1COc2ccc(C(O)C(O)c3ccc4c(c3)CN(CC=C)CO4)cc2C1. The van der Waals surface area contributed by atoms with Crippen LogP contribution in [-0.2, 0) is 13.1 Å². The van der Waals surface area contributed by atoms with Crippen LogP contribution in [0.5, 0.6) is 11.5 Å². The lowest BCUT2D eigenvalue weighted by Gasteiger charge is -2.30. The van der Waals surface area contributed by atoms with Gasteiger partial charge in [0.05, 0.1) is 0 Å². The third-order valence-electron chi connectivity index (χ3n) is 5.52. The summed E-state index contributed by atoms with van der Waals surface area (Å²) < 4.78 is 11.5. The van der Waals surface area contributed by atoms with Crippen LogP contribution in [0.15, 0.2) is 61.7 Å². The Labute approximate surface area is 177 Å². The minimum absolute atomic E-state index is 0.517. The van der Waals surface area contributed by atoms with Gasteiger partial charge >= 0.3 is 0 Å². The molecule has 2 N–H and O–H groups in total. The molecule has 2 unspecified atom stereocenters. The third kappa shape index (κ3) is 4.27. The largest absolute Gasteiger partial charge is 0.478 e. The molecule has 0 spiro atoms. The second kappa shape index (κ2) is 9.02. The second-order valence-electron chi connectivity index (χ2n) is 7.77. The van der Waals surface area contributed by atoms with E-state index in [1.807, 2.05) is 48.6 Å². The highest BCUT2D eigenvalue weighted by atomic mass is 16.5. The van der Waals surface area contributed by atoms with Gasteiger partial charge in [-0.15, -0.1) is 13.2 Å². The molecule has 0 bridgehead atoms. The molecule has 0 radical (unpaired) electrons. The van der Waals surface area contributed by atoms with Crippen LogP contribution < -0.4 is 9.47 Å². The molecule has 0 fully saturated rings. The van der Waals surface area contributed by atoms with E-state index in [9.17, 15) is 10.2 Å². The van der Waals surface area contributed by atoms with Gasteiger partial charge in [0.1, 0.15) is 37.2 Å². The molecule has 6 nitrogen and oxygen atoms in total. The van der Waals surface area contributed by atoms with E-state index < -0.39 is 12.2 Å². The van der Waals surface area contributed by atoms with E-state index in [2.05, 4.69) is 23.0 Å². The Morgan fingerprint density at radius 1 is 0.800 bits per heavy atom. The van der Waals surface area contributed by atoms with Crippen LogP contribution in [0.2, 0.25) is 0 Å². The van der Waals surface area contributed by atoms with E-state index in [4.69, 9.17) is 9.47 Å². The number of benzene rings is 2. The summed E-state index contributed by atoms with van der Waals surface area (Å²) in [4.78, 5) is 4.22. The summed E-state index contributed by atoms with van der Waals surface area (Å²) in [5, 5.41) is 21.8. The Kier molecular flexibility index (Phi) is 6.20. The van der Waals surface area contributed by atoms with Crippen molar-refractivity contribution in [2.45, 2.75) is 25.3 Å². The van der Waals surface area contributed by atoms with Crippen molar-refractivity contribution in [3.63, 3.8) is 0 Å². The quantitative estimate of drug-likeness (QED) is 0.687. The first-order chi connectivity index (χ1) is 14.6. The van der Waals surface area contributed by atoms with Crippen LogP contribution in [0.25, 0.3) is 0 Å². The van der Waals surface area contributed by atoms with E-state index in [1.54, 1.807) is 0 Å². The summed E-state index contributed by atoms with van der Waals surface area (Å²) in [6.07, 6.45) is 1.59. The van der Waals surface area contributed by atoms with Crippen molar-refractivity contribution in [1.82, 2.24) is 9.80 Å². The molecule has 2 aliphatic heterocycles. The normalized spacial score (nSPS) is 18.3. The van der Waals surface area contributed by atoms with Crippen LogP contribution in [-0.4, -0.2) is 46.6 Å². The Morgan fingerprint density at radius 3 is 1.63 bits per heavy atom. The van der Waals surface area contributed by atoms with Gasteiger partial charge in [0, 0.05) is 37.3 Å². The molecule has 30 heavy (non-hydrogen) atoms. The molecule has 4 rings (SSSR count). The third-order valence-corrected chi connectivity index (χ3v) is 5.52. The molecular formula is C24H28N2O4. The molecule has 2 aromatic carbocycles. The van der Waals surface area contributed by atoms with Crippen molar-refractivity contribution in [3.8, 4) is 11.5 Å². The number of rotatable bonds is 7. The lowest BCUT2D eigenvalue weighted by molar-refractivity contribution is 0.0166. The van der Waals surface area contributed by atoms with Gasteiger partial charge in [0.2, 0.25) is 0 Å². The molecule has 0 amide bonds. The van der Waals surface area contributed by atoms with Gasteiger partial charge in [0.15, 0.2) is 0 Å². The highest BCUT2D eigenvalue weighted by molar-refractivity contribution is 5.42. The smallest absolute Gasteiger partial charge is 0.142 e. The van der Waals surface area contributed by atoms with Gasteiger partial charge < -0.3 is 19.7 Å². The van der Waals surface area contributed by atoms with Gasteiger partial charge in [-0.1, -0.05) is 24.3 Å². The predicted molar refractivity (Wildman–Crippen MR) is 115 cm³/mol. The van der Waals surface area contributed by atoms with E-state index in [-0.39, 0.29) is 0 Å².